The average Bonchev–Trinajstić information content (AvgIpc) is 2.92. The number of aryl methyl sites for hydroxylation is 1. The number of rotatable bonds is 2. The third kappa shape index (κ3) is 2.12. The smallest absolute Gasteiger partial charge is 0.202 e. The van der Waals surface area contributed by atoms with Crippen molar-refractivity contribution < 1.29 is 12.9 Å². The van der Waals surface area contributed by atoms with Gasteiger partial charge in [0.2, 0.25) is 5.76 Å². The maximum atomic E-state index is 11.5. The number of nitrogens with zero attached hydrogens (tertiary/aromatic N) is 2. The van der Waals surface area contributed by atoms with Gasteiger partial charge in [0.05, 0.1) is 21.6 Å². The van der Waals surface area contributed by atoms with Crippen LogP contribution in [0.5, 0.6) is 0 Å². The van der Waals surface area contributed by atoms with Gasteiger partial charge in [-0.2, -0.15) is 0 Å². The van der Waals surface area contributed by atoms with Crippen LogP contribution in [0.15, 0.2) is 33.7 Å². The maximum absolute atomic E-state index is 11.5. The molecule has 0 bridgehead atoms. The summed E-state index contributed by atoms with van der Waals surface area (Å²) in [5.41, 5.74) is 2.08. The molecule has 0 spiro atoms. The Hall–Kier alpha value is -2.15. The Morgan fingerprint density at radius 1 is 1.26 bits per heavy atom. The number of sulfone groups is 1. The number of aromatic nitrogens is 3. The first-order valence-corrected chi connectivity index (χ1v) is 7.46. The van der Waals surface area contributed by atoms with E-state index in [0.29, 0.717) is 22.6 Å². The molecule has 1 aromatic carbocycles. The largest absolute Gasteiger partial charge is 0.353 e. The zero-order valence-corrected chi connectivity index (χ0v) is 11.2. The minimum atomic E-state index is -3.23. The quantitative estimate of drug-likeness (QED) is 0.773. The van der Waals surface area contributed by atoms with E-state index in [4.69, 9.17) is 4.52 Å². The van der Waals surface area contributed by atoms with Crippen LogP contribution in [0.1, 0.15) is 5.69 Å². The molecule has 0 amide bonds. The number of aromatic amines is 1. The molecule has 0 saturated carbocycles. The summed E-state index contributed by atoms with van der Waals surface area (Å²) in [5, 5.41) is 3.79. The van der Waals surface area contributed by atoms with Crippen molar-refractivity contribution in [3.8, 4) is 11.6 Å². The fourth-order valence-corrected chi connectivity index (χ4v) is 2.46. The first-order valence-electron chi connectivity index (χ1n) is 5.57. The highest BCUT2D eigenvalue weighted by atomic mass is 32.2. The number of benzene rings is 1. The summed E-state index contributed by atoms with van der Waals surface area (Å²) in [4.78, 5) is 7.62. The zero-order chi connectivity index (χ0) is 13.6. The van der Waals surface area contributed by atoms with Gasteiger partial charge in [-0.15, -0.1) is 0 Å². The fraction of sp³-hybridized carbons (Fsp3) is 0.167. The van der Waals surface area contributed by atoms with Gasteiger partial charge < -0.3 is 9.51 Å². The molecule has 6 nitrogen and oxygen atoms in total. The second-order valence-electron chi connectivity index (χ2n) is 4.37. The summed E-state index contributed by atoms with van der Waals surface area (Å²) in [6.07, 6.45) is 1.17. The van der Waals surface area contributed by atoms with Crippen LogP contribution in [0.25, 0.3) is 22.6 Å². The summed E-state index contributed by atoms with van der Waals surface area (Å²) in [6, 6.07) is 6.52. The highest BCUT2D eigenvalue weighted by molar-refractivity contribution is 7.90. The molecule has 19 heavy (non-hydrogen) atoms. The predicted molar refractivity (Wildman–Crippen MR) is 69.4 cm³/mol. The Balaban J connectivity index is 2.16. The van der Waals surface area contributed by atoms with Crippen LogP contribution >= 0.6 is 0 Å². The lowest BCUT2D eigenvalue weighted by molar-refractivity contribution is 0.425. The number of fused-ring (bicyclic) bond motifs is 1. The van der Waals surface area contributed by atoms with Gasteiger partial charge in [-0.1, -0.05) is 5.16 Å². The van der Waals surface area contributed by atoms with Gasteiger partial charge in [-0.25, -0.2) is 13.4 Å². The van der Waals surface area contributed by atoms with Gasteiger partial charge >= 0.3 is 0 Å². The molecule has 0 saturated heterocycles. The summed E-state index contributed by atoms with van der Waals surface area (Å²) in [6.45, 7) is 1.82. The van der Waals surface area contributed by atoms with Crippen molar-refractivity contribution in [2.45, 2.75) is 11.8 Å². The van der Waals surface area contributed by atoms with Crippen molar-refractivity contribution in [3.05, 3.63) is 30.0 Å². The SMILES string of the molecule is Cc1cc(-c2nc3ccc(S(C)(=O)=O)cc3[nH]2)on1. The molecule has 1 N–H and O–H groups in total. The summed E-state index contributed by atoms with van der Waals surface area (Å²) >= 11 is 0. The van der Waals surface area contributed by atoms with Gasteiger partial charge in [0.1, 0.15) is 0 Å². The molecule has 2 heterocycles. The van der Waals surface area contributed by atoms with E-state index in [1.165, 1.54) is 12.3 Å². The molecule has 0 aliphatic carbocycles. The minimum Gasteiger partial charge on any atom is -0.353 e. The summed E-state index contributed by atoms with van der Waals surface area (Å²) in [5.74, 6) is 1.05. The normalized spacial score (nSPS) is 12.1. The molecule has 98 valence electrons. The number of nitrogens with one attached hydrogen (secondary N) is 1. The van der Waals surface area contributed by atoms with Crippen LogP contribution in [0, 0.1) is 6.92 Å². The maximum Gasteiger partial charge on any atom is 0.202 e. The predicted octanol–water partition coefficient (Wildman–Crippen LogP) is 1.93. The number of H-pyrrole nitrogens is 1. The molecule has 0 aliphatic heterocycles. The van der Waals surface area contributed by atoms with Crippen LogP contribution in [-0.2, 0) is 9.84 Å². The molecular weight excluding hydrogens is 266 g/mol. The second kappa shape index (κ2) is 3.92. The average molecular weight is 277 g/mol. The van der Waals surface area contributed by atoms with E-state index in [1.807, 2.05) is 6.92 Å². The summed E-state index contributed by atoms with van der Waals surface area (Å²) in [7, 11) is -3.23. The van der Waals surface area contributed by atoms with Crippen LogP contribution in [0.3, 0.4) is 0 Å². The first-order chi connectivity index (χ1) is 8.93. The highest BCUT2D eigenvalue weighted by Gasteiger charge is 2.13. The molecule has 7 heteroatoms. The van der Waals surface area contributed by atoms with Crippen LogP contribution in [-0.4, -0.2) is 29.8 Å². The molecule has 0 unspecified atom stereocenters. The highest BCUT2D eigenvalue weighted by Crippen LogP contribution is 2.23. The van der Waals surface area contributed by atoms with E-state index in [-0.39, 0.29) is 4.90 Å². The Bertz CT molecular complexity index is 861. The van der Waals surface area contributed by atoms with Crippen LogP contribution in [0.4, 0.5) is 0 Å². The fourth-order valence-electron chi connectivity index (χ4n) is 1.81. The lowest BCUT2D eigenvalue weighted by atomic mass is 10.3. The van der Waals surface area contributed by atoms with Crippen molar-refractivity contribution in [1.29, 1.82) is 0 Å². The molecule has 0 aliphatic rings. The van der Waals surface area contributed by atoms with Gasteiger partial charge in [-0.05, 0) is 25.1 Å². The van der Waals surface area contributed by atoms with Gasteiger partial charge in [0, 0.05) is 12.3 Å². The molecule has 3 aromatic rings. The van der Waals surface area contributed by atoms with Crippen LogP contribution in [0.2, 0.25) is 0 Å². The zero-order valence-electron chi connectivity index (χ0n) is 10.3. The van der Waals surface area contributed by atoms with Crippen molar-refractivity contribution >= 4 is 20.9 Å². The Morgan fingerprint density at radius 2 is 2.05 bits per heavy atom. The molecule has 0 radical (unpaired) electrons. The number of imidazole rings is 1. The van der Waals surface area contributed by atoms with E-state index < -0.39 is 9.84 Å². The van der Waals surface area contributed by atoms with E-state index >= 15 is 0 Å². The van der Waals surface area contributed by atoms with E-state index in [0.717, 1.165) is 5.69 Å². The first kappa shape index (κ1) is 11.9. The van der Waals surface area contributed by atoms with Crippen molar-refractivity contribution in [2.75, 3.05) is 6.26 Å². The van der Waals surface area contributed by atoms with Crippen molar-refractivity contribution in [3.63, 3.8) is 0 Å². The number of hydrogen-bond acceptors (Lipinski definition) is 5. The third-order valence-corrected chi connectivity index (χ3v) is 3.85. The van der Waals surface area contributed by atoms with E-state index in [9.17, 15) is 8.42 Å². The molecule has 0 fully saturated rings. The van der Waals surface area contributed by atoms with Gasteiger partial charge in [-0.3, -0.25) is 0 Å². The van der Waals surface area contributed by atoms with E-state index in [2.05, 4.69) is 15.1 Å². The van der Waals surface area contributed by atoms with Crippen molar-refractivity contribution in [2.24, 2.45) is 0 Å². The lowest BCUT2D eigenvalue weighted by Crippen LogP contribution is -1.96. The van der Waals surface area contributed by atoms with Crippen LogP contribution < -0.4 is 0 Å². The monoisotopic (exact) mass is 277 g/mol. The lowest BCUT2D eigenvalue weighted by Gasteiger charge is -1.96. The van der Waals surface area contributed by atoms with Gasteiger partial charge in [0.15, 0.2) is 15.7 Å². The van der Waals surface area contributed by atoms with Crippen molar-refractivity contribution in [1.82, 2.24) is 15.1 Å². The Labute approximate surface area is 109 Å². The Kier molecular flexibility index (Phi) is 2.46. The third-order valence-electron chi connectivity index (χ3n) is 2.74. The topological polar surface area (TPSA) is 88.9 Å². The van der Waals surface area contributed by atoms with E-state index in [1.54, 1.807) is 18.2 Å². The molecule has 0 atom stereocenters. The summed E-state index contributed by atoms with van der Waals surface area (Å²) < 4.78 is 28.1. The molecule has 3 rings (SSSR count). The number of hydrogen-bond donors (Lipinski definition) is 1. The Morgan fingerprint density at radius 3 is 2.68 bits per heavy atom. The molecular formula is C12H11N3O3S. The minimum absolute atomic E-state index is 0.254. The van der Waals surface area contributed by atoms with Gasteiger partial charge in [0.25, 0.3) is 0 Å². The molecule has 2 aromatic heterocycles. The standard InChI is InChI=1S/C12H11N3O3S/c1-7-5-11(18-15-7)12-13-9-4-3-8(19(2,16)17)6-10(9)14-12/h3-6H,1-2H3,(H,13,14). The second-order valence-corrected chi connectivity index (χ2v) is 6.38.